The average Bonchev–Trinajstić information content (AvgIpc) is 2.19. The fourth-order valence-electron chi connectivity index (χ4n) is 1.50. The Morgan fingerprint density at radius 3 is 2.75 bits per heavy atom. The largest absolute Gasteiger partial charge is 0.449 e. The summed E-state index contributed by atoms with van der Waals surface area (Å²) in [4.78, 5) is 0.685. The number of piperazine rings is 1. The fourth-order valence-corrected chi connectivity index (χ4v) is 1.50. The van der Waals surface area contributed by atoms with Crippen LogP contribution in [0.1, 0.15) is 6.42 Å². The quantitative estimate of drug-likeness (QED) is 0.383. The SMILES string of the molecule is C=CCC1NCCN(C(=N)C(F)(F)F)C1=N. The predicted octanol–water partition coefficient (Wildman–Crippen LogP) is 1.35. The van der Waals surface area contributed by atoms with Crippen molar-refractivity contribution in [1.29, 1.82) is 10.8 Å². The molecule has 1 aliphatic heterocycles. The van der Waals surface area contributed by atoms with Gasteiger partial charge in [0.1, 0.15) is 5.84 Å². The van der Waals surface area contributed by atoms with Crippen LogP contribution in [0.3, 0.4) is 0 Å². The van der Waals surface area contributed by atoms with E-state index < -0.39 is 18.1 Å². The molecule has 0 aromatic carbocycles. The van der Waals surface area contributed by atoms with Crippen LogP contribution in [0.15, 0.2) is 12.7 Å². The molecule has 0 saturated carbocycles. The minimum Gasteiger partial charge on any atom is -0.309 e. The lowest BCUT2D eigenvalue weighted by atomic mass is 10.1. The van der Waals surface area contributed by atoms with Crippen molar-refractivity contribution in [3.8, 4) is 0 Å². The highest BCUT2D eigenvalue weighted by atomic mass is 19.4. The summed E-state index contributed by atoms with van der Waals surface area (Å²) in [7, 11) is 0. The number of nitrogens with zero attached hydrogens (tertiary/aromatic N) is 1. The molecule has 1 rings (SSSR count). The Labute approximate surface area is 91.1 Å². The molecule has 1 atom stereocenters. The maximum atomic E-state index is 12.3. The minimum absolute atomic E-state index is 0.00911. The summed E-state index contributed by atoms with van der Waals surface area (Å²) >= 11 is 0. The van der Waals surface area contributed by atoms with Crippen LogP contribution in [0, 0.1) is 10.8 Å². The third-order valence-electron chi connectivity index (χ3n) is 2.29. The van der Waals surface area contributed by atoms with Crippen molar-refractivity contribution in [2.24, 2.45) is 0 Å². The van der Waals surface area contributed by atoms with E-state index >= 15 is 0 Å². The van der Waals surface area contributed by atoms with Gasteiger partial charge in [-0.25, -0.2) is 0 Å². The van der Waals surface area contributed by atoms with E-state index in [4.69, 9.17) is 10.8 Å². The average molecular weight is 234 g/mol. The first-order valence-corrected chi connectivity index (χ1v) is 4.74. The summed E-state index contributed by atoms with van der Waals surface area (Å²) in [6.07, 6.45) is -2.80. The molecule has 0 aromatic rings. The van der Waals surface area contributed by atoms with Gasteiger partial charge in [0.25, 0.3) is 0 Å². The van der Waals surface area contributed by atoms with E-state index in [-0.39, 0.29) is 12.4 Å². The molecule has 0 aromatic heterocycles. The van der Waals surface area contributed by atoms with Gasteiger partial charge in [-0.1, -0.05) is 6.08 Å². The van der Waals surface area contributed by atoms with Crippen LogP contribution in [0.5, 0.6) is 0 Å². The highest BCUT2D eigenvalue weighted by molar-refractivity contribution is 6.03. The number of alkyl halides is 3. The number of nitrogens with one attached hydrogen (secondary N) is 3. The number of hydrogen-bond donors (Lipinski definition) is 3. The Balaban J connectivity index is 2.78. The summed E-state index contributed by atoms with van der Waals surface area (Å²) < 4.78 is 36.9. The molecule has 90 valence electrons. The summed E-state index contributed by atoms with van der Waals surface area (Å²) in [6, 6.07) is -0.492. The van der Waals surface area contributed by atoms with E-state index in [0.29, 0.717) is 17.9 Å². The topological polar surface area (TPSA) is 63.0 Å². The third-order valence-corrected chi connectivity index (χ3v) is 2.29. The van der Waals surface area contributed by atoms with E-state index in [1.807, 2.05) is 0 Å². The number of amidine groups is 2. The lowest BCUT2D eigenvalue weighted by molar-refractivity contribution is -0.0673. The molecule has 3 N–H and O–H groups in total. The lowest BCUT2D eigenvalue weighted by Crippen LogP contribution is -2.58. The highest BCUT2D eigenvalue weighted by Crippen LogP contribution is 2.20. The van der Waals surface area contributed by atoms with Crippen LogP contribution in [-0.2, 0) is 0 Å². The summed E-state index contributed by atoms with van der Waals surface area (Å²) in [5.41, 5.74) is 0. The van der Waals surface area contributed by atoms with Crippen molar-refractivity contribution < 1.29 is 13.2 Å². The molecule has 0 aliphatic carbocycles. The minimum atomic E-state index is -4.71. The molecule has 0 bridgehead atoms. The second-order valence-electron chi connectivity index (χ2n) is 3.41. The standard InChI is InChI=1S/C9H13F3N4/c1-2-3-6-7(13)16(5-4-15-6)8(14)9(10,11)12/h2,6,13-15H,1,3-5H2. The van der Waals surface area contributed by atoms with Crippen LogP contribution < -0.4 is 5.32 Å². The van der Waals surface area contributed by atoms with Crippen molar-refractivity contribution in [1.82, 2.24) is 10.2 Å². The molecular formula is C9H13F3N4. The van der Waals surface area contributed by atoms with Gasteiger partial charge in [0, 0.05) is 13.1 Å². The van der Waals surface area contributed by atoms with Crippen molar-refractivity contribution in [2.45, 2.75) is 18.6 Å². The molecule has 1 unspecified atom stereocenters. The molecule has 0 spiro atoms. The number of halogens is 3. The zero-order valence-corrected chi connectivity index (χ0v) is 8.56. The van der Waals surface area contributed by atoms with E-state index in [0.717, 1.165) is 0 Å². The Kier molecular flexibility index (Phi) is 3.69. The van der Waals surface area contributed by atoms with Gasteiger partial charge < -0.3 is 10.2 Å². The maximum Gasteiger partial charge on any atom is 0.449 e. The van der Waals surface area contributed by atoms with E-state index in [2.05, 4.69) is 11.9 Å². The Bertz CT molecular complexity index is 310. The zero-order valence-electron chi connectivity index (χ0n) is 8.56. The van der Waals surface area contributed by atoms with Gasteiger partial charge in [-0.3, -0.25) is 10.8 Å². The second-order valence-corrected chi connectivity index (χ2v) is 3.41. The smallest absolute Gasteiger partial charge is 0.309 e. The fraction of sp³-hybridized carbons (Fsp3) is 0.556. The van der Waals surface area contributed by atoms with Crippen LogP contribution >= 0.6 is 0 Å². The molecule has 0 amide bonds. The van der Waals surface area contributed by atoms with Crippen molar-refractivity contribution in [3.63, 3.8) is 0 Å². The third kappa shape index (κ3) is 2.60. The molecular weight excluding hydrogens is 221 g/mol. The highest BCUT2D eigenvalue weighted by Gasteiger charge is 2.41. The first-order chi connectivity index (χ1) is 7.38. The Hall–Kier alpha value is -1.37. The molecule has 7 heteroatoms. The van der Waals surface area contributed by atoms with Crippen molar-refractivity contribution >= 4 is 11.7 Å². The van der Waals surface area contributed by atoms with Crippen molar-refractivity contribution in [3.05, 3.63) is 12.7 Å². The maximum absolute atomic E-state index is 12.3. The summed E-state index contributed by atoms with van der Waals surface area (Å²) in [5.74, 6) is -1.71. The molecule has 4 nitrogen and oxygen atoms in total. The van der Waals surface area contributed by atoms with E-state index in [1.165, 1.54) is 6.08 Å². The van der Waals surface area contributed by atoms with E-state index in [9.17, 15) is 13.2 Å². The van der Waals surface area contributed by atoms with Crippen LogP contribution in [0.2, 0.25) is 0 Å². The van der Waals surface area contributed by atoms with Gasteiger partial charge in [-0.05, 0) is 6.42 Å². The molecule has 1 aliphatic rings. The van der Waals surface area contributed by atoms with E-state index in [1.54, 1.807) is 0 Å². The second kappa shape index (κ2) is 4.65. The molecule has 1 heterocycles. The van der Waals surface area contributed by atoms with Crippen LogP contribution in [0.4, 0.5) is 13.2 Å². The normalized spacial score (nSPS) is 22.1. The summed E-state index contributed by atoms with van der Waals surface area (Å²) in [5, 5.41) is 17.5. The number of hydrogen-bond acceptors (Lipinski definition) is 3. The lowest BCUT2D eigenvalue weighted by Gasteiger charge is -2.35. The van der Waals surface area contributed by atoms with Crippen molar-refractivity contribution in [2.75, 3.05) is 13.1 Å². The number of rotatable bonds is 2. The molecule has 1 saturated heterocycles. The first-order valence-electron chi connectivity index (χ1n) is 4.74. The van der Waals surface area contributed by atoms with Gasteiger partial charge in [0.15, 0.2) is 0 Å². The Morgan fingerprint density at radius 1 is 1.62 bits per heavy atom. The molecule has 16 heavy (non-hydrogen) atoms. The predicted molar refractivity (Wildman–Crippen MR) is 54.8 cm³/mol. The first kappa shape index (κ1) is 12.7. The Morgan fingerprint density at radius 2 is 2.25 bits per heavy atom. The van der Waals surface area contributed by atoms with Crippen LogP contribution in [-0.4, -0.2) is 41.9 Å². The van der Waals surface area contributed by atoms with Crippen LogP contribution in [0.25, 0.3) is 0 Å². The van der Waals surface area contributed by atoms with Gasteiger partial charge in [-0.2, -0.15) is 13.2 Å². The molecule has 1 fully saturated rings. The summed E-state index contributed by atoms with van der Waals surface area (Å²) in [6.45, 7) is 3.79. The molecule has 0 radical (unpaired) electrons. The zero-order chi connectivity index (χ0) is 12.3. The van der Waals surface area contributed by atoms with Gasteiger partial charge in [0.05, 0.1) is 6.04 Å². The van der Waals surface area contributed by atoms with Gasteiger partial charge in [-0.15, -0.1) is 6.58 Å². The monoisotopic (exact) mass is 234 g/mol. The van der Waals surface area contributed by atoms with Gasteiger partial charge >= 0.3 is 6.18 Å². The van der Waals surface area contributed by atoms with Gasteiger partial charge in [0.2, 0.25) is 5.84 Å².